The third-order valence-corrected chi connectivity index (χ3v) is 2.27. The third kappa shape index (κ3) is 14.4. The van der Waals surface area contributed by atoms with Gasteiger partial charge in [0.2, 0.25) is 0 Å². The first-order valence-electron chi connectivity index (χ1n) is 6.11. The number of carboxylic acid groups (broad SMARTS) is 3. The summed E-state index contributed by atoms with van der Waals surface area (Å²) in [6.07, 6.45) is 1.94. The maximum Gasteiger partial charge on any atom is 0.320 e. The van der Waals surface area contributed by atoms with Gasteiger partial charge in [-0.3, -0.25) is 14.4 Å². The van der Waals surface area contributed by atoms with E-state index in [9.17, 15) is 14.4 Å². The van der Waals surface area contributed by atoms with Crippen molar-refractivity contribution in [3.05, 3.63) is 0 Å². The number of aliphatic carboxylic acids is 3. The van der Waals surface area contributed by atoms with Crippen LogP contribution in [0.25, 0.3) is 0 Å². The lowest BCUT2D eigenvalue weighted by Crippen LogP contribution is -2.30. The molecule has 0 rings (SSSR count). The van der Waals surface area contributed by atoms with Gasteiger partial charge in [0.25, 0.3) is 0 Å². The Morgan fingerprint density at radius 2 is 1.30 bits per heavy atom. The Balaban J connectivity index is 0. The number of carboxylic acids is 3. The topological polar surface area (TPSA) is 190 Å². The molecule has 0 saturated heterocycles. The number of hydrogen-bond acceptors (Lipinski definition) is 6. The van der Waals surface area contributed by atoms with E-state index < -0.39 is 30.0 Å². The van der Waals surface area contributed by atoms with Crippen molar-refractivity contribution < 1.29 is 29.7 Å². The van der Waals surface area contributed by atoms with E-state index in [0.29, 0.717) is 13.0 Å². The maximum absolute atomic E-state index is 10.1. The van der Waals surface area contributed by atoms with Gasteiger partial charge in [0.1, 0.15) is 12.1 Å². The molecule has 9 N–H and O–H groups in total. The van der Waals surface area contributed by atoms with Gasteiger partial charge >= 0.3 is 17.9 Å². The molecule has 0 bridgehead atoms. The molecule has 118 valence electrons. The molecule has 0 aromatic rings. The van der Waals surface area contributed by atoms with Crippen LogP contribution in [-0.2, 0) is 14.4 Å². The fourth-order valence-corrected chi connectivity index (χ4v) is 1.03. The number of hydrogen-bond donors (Lipinski definition) is 6. The molecule has 0 aliphatic heterocycles. The molecule has 2 atom stereocenters. The molecule has 0 heterocycles. The van der Waals surface area contributed by atoms with Gasteiger partial charge in [0.15, 0.2) is 0 Å². The van der Waals surface area contributed by atoms with Crippen molar-refractivity contribution >= 4 is 17.9 Å². The first kappa shape index (κ1) is 20.6. The Hall–Kier alpha value is -1.71. The van der Waals surface area contributed by atoms with Crippen LogP contribution < -0.4 is 17.2 Å². The van der Waals surface area contributed by atoms with Crippen molar-refractivity contribution in [3.8, 4) is 0 Å². The lowest BCUT2D eigenvalue weighted by molar-refractivity contribution is -0.140. The highest BCUT2D eigenvalue weighted by Gasteiger charge is 2.12. The van der Waals surface area contributed by atoms with Gasteiger partial charge < -0.3 is 32.5 Å². The first-order valence-corrected chi connectivity index (χ1v) is 6.11. The van der Waals surface area contributed by atoms with Crippen LogP contribution in [0.1, 0.15) is 32.1 Å². The van der Waals surface area contributed by atoms with Crippen LogP contribution in [0.15, 0.2) is 0 Å². The molecule has 9 heteroatoms. The second kappa shape index (κ2) is 12.3. The van der Waals surface area contributed by atoms with E-state index in [4.69, 9.17) is 32.5 Å². The number of rotatable bonds is 9. The smallest absolute Gasteiger partial charge is 0.320 e. The fourth-order valence-electron chi connectivity index (χ4n) is 1.03. The van der Waals surface area contributed by atoms with Crippen LogP contribution in [-0.4, -0.2) is 51.9 Å². The minimum Gasteiger partial charge on any atom is -0.481 e. The van der Waals surface area contributed by atoms with Gasteiger partial charge in [0, 0.05) is 6.42 Å². The first-order chi connectivity index (χ1) is 9.22. The van der Waals surface area contributed by atoms with E-state index in [1.54, 1.807) is 0 Å². The molecule has 0 amide bonds. The average molecular weight is 293 g/mol. The molecule has 0 aromatic heterocycles. The van der Waals surface area contributed by atoms with Gasteiger partial charge in [0.05, 0.1) is 0 Å². The predicted octanol–water partition coefficient (Wildman–Crippen LogP) is -1.21. The summed E-state index contributed by atoms with van der Waals surface area (Å²) >= 11 is 0. The van der Waals surface area contributed by atoms with Gasteiger partial charge in [-0.25, -0.2) is 0 Å². The molecule has 0 aromatic carbocycles. The molecule has 0 radical (unpaired) electrons. The monoisotopic (exact) mass is 293 g/mol. The second-order valence-electron chi connectivity index (χ2n) is 4.11. The zero-order valence-corrected chi connectivity index (χ0v) is 11.2. The molecular weight excluding hydrogens is 270 g/mol. The molecular formula is C11H23N3O6. The van der Waals surface area contributed by atoms with Gasteiger partial charge in [-0.05, 0) is 25.8 Å². The molecule has 0 aliphatic carbocycles. The minimum absolute atomic E-state index is 0.0231. The van der Waals surface area contributed by atoms with E-state index in [1.807, 2.05) is 0 Å². The van der Waals surface area contributed by atoms with Crippen molar-refractivity contribution in [2.75, 3.05) is 6.54 Å². The van der Waals surface area contributed by atoms with Gasteiger partial charge in [-0.1, -0.05) is 6.42 Å². The standard InChI is InChI=1S/C6H14N2O2.C5H9NO4/c7-4-2-1-3-5(8)6(9)10;6-3(5(9)10)1-2-4(7)8/h5H,1-4,7-8H2,(H,9,10);3H,1-2,6H2,(H,7,8)(H,9,10)/t5-;3-/m11/s1. The summed E-state index contributed by atoms with van der Waals surface area (Å²) in [4.78, 5) is 30.0. The van der Waals surface area contributed by atoms with Crippen LogP contribution in [0.4, 0.5) is 0 Å². The van der Waals surface area contributed by atoms with E-state index >= 15 is 0 Å². The molecule has 0 spiro atoms. The third-order valence-electron chi connectivity index (χ3n) is 2.27. The van der Waals surface area contributed by atoms with E-state index in [1.165, 1.54) is 0 Å². The Morgan fingerprint density at radius 1 is 0.850 bits per heavy atom. The lowest BCUT2D eigenvalue weighted by Gasteiger charge is -2.03. The van der Waals surface area contributed by atoms with Crippen LogP contribution in [0.2, 0.25) is 0 Å². The highest BCUT2D eigenvalue weighted by Crippen LogP contribution is 1.97. The van der Waals surface area contributed by atoms with Crippen molar-refractivity contribution in [2.45, 2.75) is 44.2 Å². The zero-order valence-electron chi connectivity index (χ0n) is 11.2. The molecule has 0 unspecified atom stereocenters. The summed E-state index contributed by atoms with van der Waals surface area (Å²) < 4.78 is 0. The summed E-state index contributed by atoms with van der Waals surface area (Å²) in [6.45, 7) is 0.604. The minimum atomic E-state index is -1.17. The predicted molar refractivity (Wildman–Crippen MR) is 71.0 cm³/mol. The van der Waals surface area contributed by atoms with Crippen molar-refractivity contribution in [1.82, 2.24) is 0 Å². The van der Waals surface area contributed by atoms with Gasteiger partial charge in [-0.2, -0.15) is 0 Å². The summed E-state index contributed by atoms with van der Waals surface area (Å²) in [6, 6.07) is -1.78. The van der Waals surface area contributed by atoms with Crippen LogP contribution in [0.5, 0.6) is 0 Å². The molecule has 0 fully saturated rings. The van der Waals surface area contributed by atoms with E-state index in [-0.39, 0.29) is 12.8 Å². The summed E-state index contributed by atoms with van der Waals surface area (Å²) in [5.41, 5.74) is 15.4. The van der Waals surface area contributed by atoms with Crippen LogP contribution >= 0.6 is 0 Å². The Bertz CT molecular complexity index is 311. The summed E-state index contributed by atoms with van der Waals surface area (Å²) in [5, 5.41) is 24.6. The Morgan fingerprint density at radius 3 is 1.65 bits per heavy atom. The average Bonchev–Trinajstić information content (AvgIpc) is 2.36. The quantitative estimate of drug-likeness (QED) is 0.283. The second-order valence-corrected chi connectivity index (χ2v) is 4.11. The fraction of sp³-hybridized carbons (Fsp3) is 0.727. The van der Waals surface area contributed by atoms with Crippen molar-refractivity contribution in [2.24, 2.45) is 17.2 Å². The normalized spacial score (nSPS) is 12.8. The summed E-state index contributed by atoms with van der Waals surface area (Å²) in [5.74, 6) is -3.13. The number of nitrogens with two attached hydrogens (primary N) is 3. The SMILES string of the molecule is NCCCC[C@@H](N)C(=O)O.N[C@H](CCC(=O)O)C(=O)O. The number of carbonyl (C=O) groups is 3. The van der Waals surface area contributed by atoms with E-state index in [0.717, 1.165) is 12.8 Å². The molecule has 0 aliphatic rings. The van der Waals surface area contributed by atoms with Crippen LogP contribution in [0, 0.1) is 0 Å². The largest absolute Gasteiger partial charge is 0.481 e. The molecule has 20 heavy (non-hydrogen) atoms. The lowest BCUT2D eigenvalue weighted by atomic mass is 10.1. The zero-order chi connectivity index (χ0) is 16.1. The summed E-state index contributed by atoms with van der Waals surface area (Å²) in [7, 11) is 0. The molecule has 9 nitrogen and oxygen atoms in total. The van der Waals surface area contributed by atoms with E-state index in [2.05, 4.69) is 0 Å². The Kier molecular flexibility index (Phi) is 12.7. The van der Waals surface area contributed by atoms with Gasteiger partial charge in [-0.15, -0.1) is 0 Å². The molecule has 0 saturated carbocycles. The highest BCUT2D eigenvalue weighted by atomic mass is 16.4. The maximum atomic E-state index is 10.1. The van der Waals surface area contributed by atoms with Crippen molar-refractivity contribution in [3.63, 3.8) is 0 Å². The van der Waals surface area contributed by atoms with Crippen LogP contribution in [0.3, 0.4) is 0 Å². The van der Waals surface area contributed by atoms with Crippen molar-refractivity contribution in [1.29, 1.82) is 0 Å². The highest BCUT2D eigenvalue weighted by molar-refractivity contribution is 5.74. The number of unbranched alkanes of at least 4 members (excludes halogenated alkanes) is 1. The Labute approximate surface area is 116 Å².